The third kappa shape index (κ3) is 4.11. The molecule has 0 radical (unpaired) electrons. The van der Waals surface area contributed by atoms with E-state index in [9.17, 15) is 14.7 Å². The third-order valence-electron chi connectivity index (χ3n) is 6.18. The van der Waals surface area contributed by atoms with Crippen molar-refractivity contribution in [1.82, 2.24) is 19.4 Å². The van der Waals surface area contributed by atoms with Gasteiger partial charge in [0, 0.05) is 39.8 Å². The van der Waals surface area contributed by atoms with Crippen molar-refractivity contribution < 1.29 is 14.6 Å². The van der Waals surface area contributed by atoms with E-state index in [1.54, 1.807) is 16.5 Å². The minimum absolute atomic E-state index is 0.116. The number of para-hydroxylation sites is 1. The van der Waals surface area contributed by atoms with Gasteiger partial charge in [0.25, 0.3) is 0 Å². The molecule has 8 nitrogen and oxygen atoms in total. The van der Waals surface area contributed by atoms with Crippen molar-refractivity contribution >= 4 is 17.1 Å². The maximum atomic E-state index is 12.2. The van der Waals surface area contributed by atoms with Crippen molar-refractivity contribution in [3.05, 3.63) is 34.2 Å². The third-order valence-corrected chi connectivity index (χ3v) is 6.18. The number of aromatic amines is 1. The summed E-state index contributed by atoms with van der Waals surface area (Å²) in [5.41, 5.74) is 1.56. The topological polar surface area (TPSA) is 90.8 Å². The molecule has 0 bridgehead atoms. The molecule has 1 aromatic carbocycles. The maximum absolute atomic E-state index is 12.2. The van der Waals surface area contributed by atoms with Gasteiger partial charge in [-0.05, 0) is 51.2 Å². The number of hydrogen-bond donors (Lipinski definition) is 2. The van der Waals surface area contributed by atoms with Crippen molar-refractivity contribution in [1.29, 1.82) is 0 Å². The predicted molar refractivity (Wildman–Crippen MR) is 115 cm³/mol. The van der Waals surface area contributed by atoms with E-state index in [0.29, 0.717) is 32.5 Å². The van der Waals surface area contributed by atoms with Crippen molar-refractivity contribution in [3.8, 4) is 0 Å². The molecule has 4 rings (SSSR count). The van der Waals surface area contributed by atoms with Crippen LogP contribution in [0.3, 0.4) is 0 Å². The highest BCUT2D eigenvalue weighted by atomic mass is 16.6. The Morgan fingerprint density at radius 2 is 1.90 bits per heavy atom. The zero-order valence-electron chi connectivity index (χ0n) is 18.3. The number of rotatable bonds is 3. The van der Waals surface area contributed by atoms with Crippen LogP contribution >= 0.6 is 0 Å². The Labute approximate surface area is 176 Å². The highest BCUT2D eigenvalue weighted by Gasteiger charge is 2.45. The number of H-pyrrole nitrogens is 1. The zero-order chi connectivity index (χ0) is 21.7. The van der Waals surface area contributed by atoms with E-state index >= 15 is 0 Å². The van der Waals surface area contributed by atoms with E-state index in [1.807, 2.05) is 32.9 Å². The molecule has 2 heterocycles. The van der Waals surface area contributed by atoms with Gasteiger partial charge in [0.05, 0.1) is 16.6 Å². The lowest BCUT2D eigenvalue weighted by Crippen LogP contribution is -2.56. The largest absolute Gasteiger partial charge is 0.444 e. The average Bonchev–Trinajstić information content (AvgIpc) is 2.93. The molecular formula is C22H32N4O4. The highest BCUT2D eigenvalue weighted by Crippen LogP contribution is 2.46. The number of aromatic nitrogens is 2. The molecule has 1 saturated carbocycles. The smallest absolute Gasteiger partial charge is 0.410 e. The molecule has 2 N–H and O–H groups in total. The van der Waals surface area contributed by atoms with Gasteiger partial charge in [-0.2, -0.15) is 0 Å². The molecule has 0 atom stereocenters. The summed E-state index contributed by atoms with van der Waals surface area (Å²) < 4.78 is 7.10. The van der Waals surface area contributed by atoms with Gasteiger partial charge in [0.1, 0.15) is 5.60 Å². The number of benzene rings is 1. The minimum Gasteiger partial charge on any atom is -0.444 e. The average molecular weight is 417 g/mol. The number of nitrogens with zero attached hydrogens (tertiary/aromatic N) is 3. The van der Waals surface area contributed by atoms with E-state index in [4.69, 9.17) is 4.74 Å². The minimum atomic E-state index is -0.726. The Morgan fingerprint density at radius 1 is 1.23 bits per heavy atom. The number of piperazine rings is 1. The number of fused-ring (bicyclic) bond motifs is 1. The molecule has 8 heteroatoms. The van der Waals surface area contributed by atoms with Crippen LogP contribution in [0.5, 0.6) is 0 Å². The first-order chi connectivity index (χ1) is 14.0. The van der Waals surface area contributed by atoms with Crippen LogP contribution in [0, 0.1) is 0 Å². The van der Waals surface area contributed by atoms with Crippen LogP contribution in [0.2, 0.25) is 0 Å². The van der Waals surface area contributed by atoms with Gasteiger partial charge in [-0.3, -0.25) is 9.47 Å². The molecule has 0 spiro atoms. The van der Waals surface area contributed by atoms with Crippen LogP contribution in [0.1, 0.15) is 45.1 Å². The molecule has 1 aliphatic heterocycles. The van der Waals surface area contributed by atoms with Crippen LogP contribution in [-0.2, 0) is 11.8 Å². The number of carbonyl (C=O) groups is 1. The fourth-order valence-electron chi connectivity index (χ4n) is 4.70. The van der Waals surface area contributed by atoms with Crippen molar-refractivity contribution in [2.45, 2.75) is 50.7 Å². The maximum Gasteiger partial charge on any atom is 0.410 e. The zero-order valence-corrected chi connectivity index (χ0v) is 18.3. The number of nitrogens with one attached hydrogen (secondary N) is 1. The summed E-state index contributed by atoms with van der Waals surface area (Å²) in [6.45, 7) is 8.90. The second-order valence-electron chi connectivity index (χ2n) is 9.81. The van der Waals surface area contributed by atoms with Crippen molar-refractivity contribution in [2.75, 3.05) is 32.7 Å². The first-order valence-electron chi connectivity index (χ1n) is 10.6. The van der Waals surface area contributed by atoms with Crippen LogP contribution in [-0.4, -0.2) is 74.5 Å². The van der Waals surface area contributed by atoms with E-state index in [1.165, 1.54) is 0 Å². The first-order valence-corrected chi connectivity index (χ1v) is 10.6. The lowest BCUT2D eigenvalue weighted by atomic mass is 9.67. The molecule has 30 heavy (non-hydrogen) atoms. The van der Waals surface area contributed by atoms with E-state index in [2.05, 4.69) is 16.0 Å². The number of imidazole rings is 1. The molecule has 2 aromatic rings. The Morgan fingerprint density at radius 3 is 2.53 bits per heavy atom. The fraction of sp³-hybridized carbons (Fsp3) is 0.636. The van der Waals surface area contributed by atoms with Gasteiger partial charge in [0.2, 0.25) is 0 Å². The van der Waals surface area contributed by atoms with Crippen LogP contribution in [0.15, 0.2) is 23.0 Å². The Bertz CT molecular complexity index is 989. The molecular weight excluding hydrogens is 384 g/mol. The SMILES string of the molecule is Cn1c(=O)[nH]c2cccc([C@H]3C[C@](O)(CN4CCN(C(=O)OC(C)(C)C)CC4)C3)c21. The molecule has 1 saturated heterocycles. The van der Waals surface area contributed by atoms with Gasteiger partial charge in [0.15, 0.2) is 0 Å². The van der Waals surface area contributed by atoms with E-state index in [0.717, 1.165) is 29.7 Å². The number of aliphatic hydroxyl groups is 1. The number of hydrogen-bond acceptors (Lipinski definition) is 5. The number of ether oxygens (including phenoxy) is 1. The van der Waals surface area contributed by atoms with E-state index < -0.39 is 11.2 Å². The lowest BCUT2D eigenvalue weighted by Gasteiger charge is -2.48. The molecule has 1 aliphatic carbocycles. The number of β-amino-alcohol motifs (C(OH)–C–C–N with tert-alkyl or cyclic N) is 1. The summed E-state index contributed by atoms with van der Waals surface area (Å²) in [5.74, 6) is 0.239. The van der Waals surface area contributed by atoms with Crippen LogP contribution in [0.4, 0.5) is 4.79 Å². The highest BCUT2D eigenvalue weighted by molar-refractivity contribution is 5.79. The van der Waals surface area contributed by atoms with Gasteiger partial charge >= 0.3 is 11.8 Å². The number of aryl methyl sites for hydroxylation is 1. The van der Waals surface area contributed by atoms with Crippen LogP contribution < -0.4 is 5.69 Å². The Hall–Kier alpha value is -2.32. The van der Waals surface area contributed by atoms with E-state index in [-0.39, 0.29) is 17.7 Å². The standard InChI is InChI=1S/C22H32N4O4/c1-21(2,3)30-20(28)26-10-8-25(9-11-26)14-22(29)12-15(13-22)16-6-5-7-17-18(16)24(4)19(27)23-17/h5-7,15,29H,8-14H2,1-4H3,(H,23,27)/t15-,22+. The molecule has 164 valence electrons. The summed E-state index contributed by atoms with van der Waals surface area (Å²) in [4.78, 5) is 31.0. The van der Waals surface area contributed by atoms with Gasteiger partial charge in [-0.15, -0.1) is 0 Å². The molecule has 2 aliphatic rings. The molecule has 0 unspecified atom stereocenters. The Kier molecular flexibility index (Phi) is 5.18. The monoisotopic (exact) mass is 416 g/mol. The second kappa shape index (κ2) is 7.42. The predicted octanol–water partition coefficient (Wildman–Crippen LogP) is 2.03. The van der Waals surface area contributed by atoms with Gasteiger partial charge in [-0.25, -0.2) is 9.59 Å². The summed E-state index contributed by atoms with van der Waals surface area (Å²) in [5, 5.41) is 11.0. The molecule has 1 amide bonds. The number of amides is 1. The Balaban J connectivity index is 1.33. The summed E-state index contributed by atoms with van der Waals surface area (Å²) in [6.07, 6.45) is 1.09. The van der Waals surface area contributed by atoms with Crippen molar-refractivity contribution in [2.24, 2.45) is 7.05 Å². The summed E-state index contributed by atoms with van der Waals surface area (Å²) in [6, 6.07) is 5.93. The first kappa shape index (κ1) is 20.9. The second-order valence-corrected chi connectivity index (χ2v) is 9.81. The van der Waals surface area contributed by atoms with Crippen LogP contribution in [0.25, 0.3) is 11.0 Å². The van der Waals surface area contributed by atoms with Crippen molar-refractivity contribution in [3.63, 3.8) is 0 Å². The quantitative estimate of drug-likeness (QED) is 0.799. The lowest BCUT2D eigenvalue weighted by molar-refractivity contribution is -0.0780. The fourth-order valence-corrected chi connectivity index (χ4v) is 4.70. The van der Waals surface area contributed by atoms with Gasteiger partial charge in [-0.1, -0.05) is 12.1 Å². The van der Waals surface area contributed by atoms with Gasteiger partial charge < -0.3 is 19.7 Å². The number of carbonyl (C=O) groups excluding carboxylic acids is 1. The molecule has 1 aromatic heterocycles. The molecule has 2 fully saturated rings. The summed E-state index contributed by atoms with van der Waals surface area (Å²) in [7, 11) is 1.78. The normalized spacial score (nSPS) is 25.4. The summed E-state index contributed by atoms with van der Waals surface area (Å²) >= 11 is 0.